The molecule has 2 aromatic heterocycles. The lowest BCUT2D eigenvalue weighted by Gasteiger charge is -2.27. The summed E-state index contributed by atoms with van der Waals surface area (Å²) in [6.07, 6.45) is 9.42. The summed E-state index contributed by atoms with van der Waals surface area (Å²) >= 11 is 0. The van der Waals surface area contributed by atoms with Crippen molar-refractivity contribution in [3.63, 3.8) is 0 Å². The lowest BCUT2D eigenvalue weighted by atomic mass is 9.86. The van der Waals surface area contributed by atoms with E-state index in [1.165, 1.54) is 19.3 Å². The lowest BCUT2D eigenvalue weighted by molar-refractivity contribution is 0.283. The minimum atomic E-state index is 0.395. The summed E-state index contributed by atoms with van der Waals surface area (Å²) in [6, 6.07) is 0.651. The summed E-state index contributed by atoms with van der Waals surface area (Å²) in [5, 5.41) is 7.68. The number of hydrogen-bond donors (Lipinski definition) is 1. The van der Waals surface area contributed by atoms with Gasteiger partial charge in [0, 0.05) is 31.4 Å². The van der Waals surface area contributed by atoms with Crippen LogP contribution in [0.1, 0.15) is 50.8 Å². The average Bonchev–Trinajstić information content (AvgIpc) is 3.14. The summed E-state index contributed by atoms with van der Waals surface area (Å²) in [6.45, 7) is 3.31. The first-order valence-corrected chi connectivity index (χ1v) is 7.82. The van der Waals surface area contributed by atoms with Crippen molar-refractivity contribution in [1.29, 1.82) is 0 Å². The van der Waals surface area contributed by atoms with Gasteiger partial charge in [-0.3, -0.25) is 0 Å². The van der Waals surface area contributed by atoms with Crippen LogP contribution in [0.15, 0.2) is 16.9 Å². The number of aryl methyl sites for hydroxylation is 1. The Labute approximate surface area is 125 Å². The number of hydrogen-bond acceptors (Lipinski definition) is 5. The van der Waals surface area contributed by atoms with Gasteiger partial charge < -0.3 is 14.4 Å². The molecule has 0 aromatic carbocycles. The van der Waals surface area contributed by atoms with E-state index in [1.54, 1.807) is 6.20 Å². The molecule has 6 nitrogen and oxygen atoms in total. The quantitative estimate of drug-likeness (QED) is 0.916. The molecule has 0 amide bonds. The average molecular weight is 289 g/mol. The molecular formula is C15H23N5O. The standard InChI is InChI=1S/C15H23N5O/c1-3-8-16-12-6-4-11(5-7-12)15-18-13(19-21-15)14-17-9-10-20(14)2/h9-12,16H,3-8H2,1-2H3. The van der Waals surface area contributed by atoms with E-state index in [-0.39, 0.29) is 0 Å². The summed E-state index contributed by atoms with van der Waals surface area (Å²) in [4.78, 5) is 8.80. The Bertz CT molecular complexity index is 568. The smallest absolute Gasteiger partial charge is 0.238 e. The minimum Gasteiger partial charge on any atom is -0.339 e. The number of rotatable bonds is 5. The van der Waals surface area contributed by atoms with Crippen molar-refractivity contribution < 1.29 is 4.52 Å². The molecule has 6 heteroatoms. The molecule has 1 N–H and O–H groups in total. The molecule has 2 aromatic rings. The third kappa shape index (κ3) is 3.15. The third-order valence-corrected chi connectivity index (χ3v) is 4.22. The molecule has 0 saturated heterocycles. The van der Waals surface area contributed by atoms with Gasteiger partial charge in [0.1, 0.15) is 0 Å². The van der Waals surface area contributed by atoms with Crippen molar-refractivity contribution >= 4 is 0 Å². The molecule has 114 valence electrons. The highest BCUT2D eigenvalue weighted by Gasteiger charge is 2.26. The zero-order valence-corrected chi connectivity index (χ0v) is 12.7. The maximum Gasteiger partial charge on any atom is 0.238 e. The topological polar surface area (TPSA) is 68.8 Å². The first kappa shape index (κ1) is 14.3. The summed E-state index contributed by atoms with van der Waals surface area (Å²) in [5.41, 5.74) is 0. The molecule has 0 unspecified atom stereocenters. The van der Waals surface area contributed by atoms with E-state index in [0.29, 0.717) is 17.8 Å². The van der Waals surface area contributed by atoms with Crippen LogP contribution in [0.5, 0.6) is 0 Å². The molecular weight excluding hydrogens is 266 g/mol. The van der Waals surface area contributed by atoms with E-state index in [1.807, 2.05) is 17.8 Å². The number of aromatic nitrogens is 4. The van der Waals surface area contributed by atoms with E-state index in [2.05, 4.69) is 27.4 Å². The van der Waals surface area contributed by atoms with E-state index in [4.69, 9.17) is 4.52 Å². The van der Waals surface area contributed by atoms with Crippen LogP contribution >= 0.6 is 0 Å². The molecule has 1 saturated carbocycles. The van der Waals surface area contributed by atoms with E-state index >= 15 is 0 Å². The second kappa shape index (κ2) is 6.39. The van der Waals surface area contributed by atoms with Gasteiger partial charge in [-0.15, -0.1) is 0 Å². The largest absolute Gasteiger partial charge is 0.339 e. The predicted molar refractivity (Wildman–Crippen MR) is 79.8 cm³/mol. The van der Waals surface area contributed by atoms with Crippen molar-refractivity contribution in [2.45, 2.75) is 51.0 Å². The Morgan fingerprint density at radius 3 is 2.81 bits per heavy atom. The molecule has 21 heavy (non-hydrogen) atoms. The van der Waals surface area contributed by atoms with Crippen LogP contribution in [0.3, 0.4) is 0 Å². The van der Waals surface area contributed by atoms with Crippen LogP contribution in [0, 0.1) is 0 Å². The van der Waals surface area contributed by atoms with E-state index in [9.17, 15) is 0 Å². The molecule has 0 spiro atoms. The highest BCUT2D eigenvalue weighted by Crippen LogP contribution is 2.32. The second-order valence-electron chi connectivity index (χ2n) is 5.82. The van der Waals surface area contributed by atoms with Crippen molar-refractivity contribution in [3.8, 4) is 11.6 Å². The highest BCUT2D eigenvalue weighted by molar-refractivity contribution is 5.42. The molecule has 0 radical (unpaired) electrons. The van der Waals surface area contributed by atoms with Crippen LogP contribution in [0.4, 0.5) is 0 Å². The zero-order valence-electron chi connectivity index (χ0n) is 12.7. The van der Waals surface area contributed by atoms with Crippen molar-refractivity contribution in [2.75, 3.05) is 6.54 Å². The molecule has 1 aliphatic rings. The normalized spacial score (nSPS) is 22.6. The van der Waals surface area contributed by atoms with E-state index in [0.717, 1.165) is 31.1 Å². The van der Waals surface area contributed by atoms with Crippen LogP contribution in [-0.4, -0.2) is 32.3 Å². The van der Waals surface area contributed by atoms with Gasteiger partial charge in [-0.1, -0.05) is 12.1 Å². The molecule has 0 aliphatic heterocycles. The van der Waals surface area contributed by atoms with Gasteiger partial charge >= 0.3 is 0 Å². The third-order valence-electron chi connectivity index (χ3n) is 4.22. The van der Waals surface area contributed by atoms with Gasteiger partial charge in [0.05, 0.1) is 0 Å². The second-order valence-corrected chi connectivity index (χ2v) is 5.82. The van der Waals surface area contributed by atoms with Gasteiger partial charge in [0.2, 0.25) is 11.7 Å². The fourth-order valence-electron chi connectivity index (χ4n) is 2.97. The molecule has 1 fully saturated rings. The van der Waals surface area contributed by atoms with Crippen LogP contribution in [0.25, 0.3) is 11.6 Å². The Balaban J connectivity index is 1.62. The summed E-state index contributed by atoms with van der Waals surface area (Å²) < 4.78 is 7.37. The molecule has 1 aliphatic carbocycles. The van der Waals surface area contributed by atoms with Crippen LogP contribution < -0.4 is 5.32 Å². The molecule has 0 bridgehead atoms. The summed E-state index contributed by atoms with van der Waals surface area (Å²) in [5.74, 6) is 2.50. The van der Waals surface area contributed by atoms with Crippen molar-refractivity contribution in [2.24, 2.45) is 7.05 Å². The van der Waals surface area contributed by atoms with Gasteiger partial charge in [-0.2, -0.15) is 4.98 Å². The molecule has 0 atom stereocenters. The first-order chi connectivity index (χ1) is 10.3. The van der Waals surface area contributed by atoms with Gasteiger partial charge in [-0.05, 0) is 38.6 Å². The lowest BCUT2D eigenvalue weighted by Crippen LogP contribution is -2.33. The number of imidazole rings is 1. The monoisotopic (exact) mass is 289 g/mol. The predicted octanol–water partition coefficient (Wildman–Crippen LogP) is 2.50. The number of nitrogens with one attached hydrogen (secondary N) is 1. The SMILES string of the molecule is CCCNC1CCC(c2nc(-c3nccn3C)no2)CC1. The van der Waals surface area contributed by atoms with Gasteiger partial charge in [0.15, 0.2) is 5.82 Å². The minimum absolute atomic E-state index is 0.395. The first-order valence-electron chi connectivity index (χ1n) is 7.82. The Morgan fingerprint density at radius 1 is 1.33 bits per heavy atom. The Hall–Kier alpha value is -1.69. The Morgan fingerprint density at radius 2 is 2.14 bits per heavy atom. The fraction of sp³-hybridized carbons (Fsp3) is 0.667. The maximum atomic E-state index is 5.46. The highest BCUT2D eigenvalue weighted by atomic mass is 16.5. The van der Waals surface area contributed by atoms with Gasteiger partial charge in [-0.25, -0.2) is 4.98 Å². The Kier molecular flexibility index (Phi) is 4.34. The van der Waals surface area contributed by atoms with Crippen LogP contribution in [-0.2, 0) is 7.05 Å². The van der Waals surface area contributed by atoms with Gasteiger partial charge in [0.25, 0.3) is 0 Å². The van der Waals surface area contributed by atoms with Crippen molar-refractivity contribution in [3.05, 3.63) is 18.3 Å². The molecule has 2 heterocycles. The zero-order chi connectivity index (χ0) is 14.7. The van der Waals surface area contributed by atoms with Crippen molar-refractivity contribution in [1.82, 2.24) is 25.0 Å². The fourth-order valence-corrected chi connectivity index (χ4v) is 2.97. The van der Waals surface area contributed by atoms with E-state index < -0.39 is 0 Å². The maximum absolute atomic E-state index is 5.46. The number of nitrogens with zero attached hydrogens (tertiary/aromatic N) is 4. The summed E-state index contributed by atoms with van der Waals surface area (Å²) in [7, 11) is 1.93. The molecule has 3 rings (SSSR count). The van der Waals surface area contributed by atoms with Crippen LogP contribution in [0.2, 0.25) is 0 Å².